The predicted octanol–water partition coefficient (Wildman–Crippen LogP) is 3.55. The van der Waals surface area contributed by atoms with Crippen molar-refractivity contribution in [3.05, 3.63) is 17.1 Å². The predicted molar refractivity (Wildman–Crippen MR) is 103 cm³/mol. The summed E-state index contributed by atoms with van der Waals surface area (Å²) >= 11 is 0. The number of ether oxygens (including phenoxy) is 1. The average molecular weight is 362 g/mol. The molecule has 0 unspecified atom stereocenters. The molecule has 1 N–H and O–H groups in total. The lowest BCUT2D eigenvalue weighted by Crippen LogP contribution is -2.30. The van der Waals surface area contributed by atoms with E-state index in [4.69, 9.17) is 9.15 Å². The quantitative estimate of drug-likeness (QED) is 0.647. The van der Waals surface area contributed by atoms with Crippen LogP contribution >= 0.6 is 0 Å². The Balaban J connectivity index is 2.24. The number of hydrogen-bond donors (Lipinski definition) is 1. The molecule has 0 aromatic carbocycles. The number of unbranched alkanes of at least 4 members (excludes halogenated alkanes) is 1. The molecule has 0 radical (unpaired) electrons. The molecule has 0 fully saturated rings. The van der Waals surface area contributed by atoms with Gasteiger partial charge in [-0.2, -0.15) is 4.98 Å². The first-order chi connectivity index (χ1) is 12.5. The number of rotatable bonds is 10. The minimum Gasteiger partial charge on any atom is -0.462 e. The summed E-state index contributed by atoms with van der Waals surface area (Å²) in [5, 5.41) is 3.96. The maximum atomic E-state index is 12.4. The fraction of sp³-hybridized carbons (Fsp3) is 0.632. The second kappa shape index (κ2) is 9.52. The van der Waals surface area contributed by atoms with E-state index in [2.05, 4.69) is 34.0 Å². The second-order valence-corrected chi connectivity index (χ2v) is 6.27. The van der Waals surface area contributed by atoms with Gasteiger partial charge < -0.3 is 19.4 Å². The van der Waals surface area contributed by atoms with Gasteiger partial charge >= 0.3 is 5.97 Å². The average Bonchev–Trinajstić information content (AvgIpc) is 2.93. The largest absolute Gasteiger partial charge is 0.462 e. The summed E-state index contributed by atoms with van der Waals surface area (Å²) in [6.07, 6.45) is 2.38. The molecule has 0 aliphatic heterocycles. The van der Waals surface area contributed by atoms with Crippen molar-refractivity contribution in [3.8, 4) is 0 Å². The molecule has 0 aliphatic rings. The molecule has 0 bridgehead atoms. The molecule has 0 saturated carbocycles. The summed E-state index contributed by atoms with van der Waals surface area (Å²) in [4.78, 5) is 23.6. The number of carbonyl (C=O) groups is 1. The molecule has 144 valence electrons. The van der Waals surface area contributed by atoms with Crippen molar-refractivity contribution in [2.75, 3.05) is 38.1 Å². The van der Waals surface area contributed by atoms with Gasteiger partial charge in [-0.15, -0.1) is 0 Å². The lowest BCUT2D eigenvalue weighted by atomic mass is 10.2. The number of aromatic nitrogens is 2. The number of aryl methyl sites for hydroxylation is 2. The third-order valence-electron chi connectivity index (χ3n) is 4.31. The van der Waals surface area contributed by atoms with E-state index in [1.807, 2.05) is 6.92 Å². The van der Waals surface area contributed by atoms with Crippen LogP contribution in [-0.4, -0.2) is 53.6 Å². The Morgan fingerprint density at radius 1 is 1.19 bits per heavy atom. The molecule has 2 aromatic heterocycles. The normalized spacial score (nSPS) is 11.3. The van der Waals surface area contributed by atoms with Crippen LogP contribution in [0.15, 0.2) is 4.42 Å². The summed E-state index contributed by atoms with van der Waals surface area (Å²) in [5.74, 6) is 1.32. The van der Waals surface area contributed by atoms with Crippen LogP contribution in [-0.2, 0) is 4.74 Å². The lowest BCUT2D eigenvalue weighted by Gasteiger charge is -2.20. The van der Waals surface area contributed by atoms with Gasteiger partial charge in [0, 0.05) is 13.1 Å². The molecule has 2 rings (SSSR count). The number of carbonyl (C=O) groups excluding carboxylic acids is 1. The molecule has 7 heteroatoms. The van der Waals surface area contributed by atoms with Gasteiger partial charge in [-0.05, 0) is 40.3 Å². The highest BCUT2D eigenvalue weighted by Crippen LogP contribution is 2.30. The van der Waals surface area contributed by atoms with Crippen LogP contribution in [0.2, 0.25) is 0 Å². The van der Waals surface area contributed by atoms with Crippen LogP contribution in [0.4, 0.5) is 5.82 Å². The van der Waals surface area contributed by atoms with Crippen molar-refractivity contribution in [2.45, 2.75) is 47.5 Å². The zero-order chi connectivity index (χ0) is 19.1. The van der Waals surface area contributed by atoms with E-state index in [1.165, 1.54) is 12.8 Å². The molecule has 26 heavy (non-hydrogen) atoms. The first kappa shape index (κ1) is 20.2. The molecule has 7 nitrogen and oxygen atoms in total. The van der Waals surface area contributed by atoms with Crippen LogP contribution in [0.5, 0.6) is 0 Å². The smallest absolute Gasteiger partial charge is 0.342 e. The maximum absolute atomic E-state index is 12.4. The standard InChI is InChI=1S/C19H30N4O3/c1-6-9-11-23(7-2)12-10-20-17-16-15(19(24)25-8-3)13(4)26-18(16)22-14(5)21-17/h6-12H2,1-5H3,(H,20,21,22). The van der Waals surface area contributed by atoms with E-state index in [0.717, 1.165) is 26.2 Å². The number of nitrogens with one attached hydrogen (secondary N) is 1. The number of anilines is 1. The minimum atomic E-state index is -0.405. The van der Waals surface area contributed by atoms with Crippen molar-refractivity contribution in [1.29, 1.82) is 0 Å². The SMILES string of the molecule is CCCCN(CC)CCNc1nc(C)nc2oc(C)c(C(=O)OCC)c12. The van der Waals surface area contributed by atoms with Gasteiger partial charge in [-0.1, -0.05) is 20.3 Å². The number of likely N-dealkylation sites (N-methyl/N-ethyl adjacent to an activating group) is 1. The van der Waals surface area contributed by atoms with Gasteiger partial charge in [0.15, 0.2) is 0 Å². The van der Waals surface area contributed by atoms with E-state index < -0.39 is 5.97 Å². The fourth-order valence-corrected chi connectivity index (χ4v) is 2.94. The third-order valence-corrected chi connectivity index (χ3v) is 4.31. The van der Waals surface area contributed by atoms with Crippen LogP contribution in [0.1, 0.15) is 55.6 Å². The van der Waals surface area contributed by atoms with Crippen molar-refractivity contribution < 1.29 is 13.9 Å². The molecule has 0 spiro atoms. The molecule has 0 atom stereocenters. The monoisotopic (exact) mass is 362 g/mol. The number of nitrogens with zero attached hydrogens (tertiary/aromatic N) is 3. The van der Waals surface area contributed by atoms with Crippen molar-refractivity contribution in [2.24, 2.45) is 0 Å². The van der Waals surface area contributed by atoms with Crippen LogP contribution in [0, 0.1) is 13.8 Å². The van der Waals surface area contributed by atoms with Gasteiger partial charge in [0.2, 0.25) is 5.71 Å². The number of furan rings is 1. The summed E-state index contributed by atoms with van der Waals surface area (Å²) in [6, 6.07) is 0. The number of fused-ring (bicyclic) bond motifs is 1. The molecular formula is C19H30N4O3. The third kappa shape index (κ3) is 4.72. The highest BCUT2D eigenvalue weighted by Gasteiger charge is 2.24. The fourth-order valence-electron chi connectivity index (χ4n) is 2.94. The first-order valence-corrected chi connectivity index (χ1v) is 9.42. The van der Waals surface area contributed by atoms with E-state index >= 15 is 0 Å². The van der Waals surface area contributed by atoms with E-state index in [-0.39, 0.29) is 0 Å². The molecular weight excluding hydrogens is 332 g/mol. The van der Waals surface area contributed by atoms with Gasteiger partial charge in [0.05, 0.1) is 12.0 Å². The van der Waals surface area contributed by atoms with Crippen molar-refractivity contribution in [3.63, 3.8) is 0 Å². The highest BCUT2D eigenvalue weighted by atomic mass is 16.5. The summed E-state index contributed by atoms with van der Waals surface area (Å²) in [7, 11) is 0. The zero-order valence-corrected chi connectivity index (χ0v) is 16.5. The molecule has 0 amide bonds. The van der Waals surface area contributed by atoms with Crippen molar-refractivity contribution >= 4 is 22.9 Å². The Morgan fingerprint density at radius 2 is 1.96 bits per heavy atom. The van der Waals surface area contributed by atoms with Gasteiger partial charge in [0.1, 0.15) is 23.0 Å². The van der Waals surface area contributed by atoms with Gasteiger partial charge in [-0.3, -0.25) is 0 Å². The van der Waals surface area contributed by atoms with E-state index in [0.29, 0.717) is 40.7 Å². The zero-order valence-electron chi connectivity index (χ0n) is 16.5. The van der Waals surface area contributed by atoms with Crippen molar-refractivity contribution in [1.82, 2.24) is 14.9 Å². The van der Waals surface area contributed by atoms with Crippen LogP contribution in [0.25, 0.3) is 11.1 Å². The van der Waals surface area contributed by atoms with E-state index in [1.54, 1.807) is 13.8 Å². The van der Waals surface area contributed by atoms with Gasteiger partial charge in [-0.25, -0.2) is 9.78 Å². The van der Waals surface area contributed by atoms with Gasteiger partial charge in [0.25, 0.3) is 0 Å². The Bertz CT molecular complexity index is 742. The highest BCUT2D eigenvalue weighted by molar-refractivity contribution is 6.07. The molecule has 0 aliphatic carbocycles. The summed E-state index contributed by atoms with van der Waals surface area (Å²) in [6.45, 7) is 13.8. The second-order valence-electron chi connectivity index (χ2n) is 6.27. The summed E-state index contributed by atoms with van der Waals surface area (Å²) < 4.78 is 10.9. The Morgan fingerprint density at radius 3 is 2.62 bits per heavy atom. The topological polar surface area (TPSA) is 80.5 Å². The summed E-state index contributed by atoms with van der Waals surface area (Å²) in [5.41, 5.74) is 0.821. The molecule has 2 aromatic rings. The Kier molecular flexibility index (Phi) is 7.38. The number of esters is 1. The Labute approximate surface area is 155 Å². The van der Waals surface area contributed by atoms with Crippen LogP contribution < -0.4 is 5.32 Å². The Hall–Kier alpha value is -2.15. The van der Waals surface area contributed by atoms with Crippen LogP contribution in [0.3, 0.4) is 0 Å². The first-order valence-electron chi connectivity index (χ1n) is 9.42. The van der Waals surface area contributed by atoms with E-state index in [9.17, 15) is 4.79 Å². The lowest BCUT2D eigenvalue weighted by molar-refractivity contribution is 0.0526. The molecule has 0 saturated heterocycles. The minimum absolute atomic E-state index is 0.309. The molecule has 2 heterocycles. The number of hydrogen-bond acceptors (Lipinski definition) is 7. The maximum Gasteiger partial charge on any atom is 0.342 e.